The highest BCUT2D eigenvalue weighted by Crippen LogP contribution is 2.36. The van der Waals surface area contributed by atoms with Gasteiger partial charge in [-0.15, -0.1) is 0 Å². The number of nitrogens with zero attached hydrogens (tertiary/aromatic N) is 13. The second-order valence-corrected chi connectivity index (χ2v) is 21.4. The first-order valence-corrected chi connectivity index (χ1v) is 29.5. The summed E-state index contributed by atoms with van der Waals surface area (Å²) in [6.45, 7) is 21.1. The number of hydrogen-bond acceptors (Lipinski definition) is 19. The molecule has 0 bridgehead atoms. The molecule has 19 nitrogen and oxygen atoms in total. The first-order chi connectivity index (χ1) is 40.8. The van der Waals surface area contributed by atoms with Crippen LogP contribution in [0.2, 0.25) is 0 Å². The lowest BCUT2D eigenvalue weighted by molar-refractivity contribution is 0.154. The van der Waals surface area contributed by atoms with Crippen molar-refractivity contribution in [2.75, 3.05) is 115 Å². The molecule has 0 atom stereocenters. The molecule has 9 heterocycles. The van der Waals surface area contributed by atoms with E-state index in [1.807, 2.05) is 130 Å². The Morgan fingerprint density at radius 3 is 1.11 bits per heavy atom. The second kappa shape index (κ2) is 29.7. The largest absolute Gasteiger partial charge is 0.355 e. The van der Waals surface area contributed by atoms with E-state index < -0.39 is 0 Å². The highest BCUT2D eigenvalue weighted by Gasteiger charge is 2.22. The third-order valence-corrected chi connectivity index (χ3v) is 15.3. The maximum absolute atomic E-state index is 5.61. The van der Waals surface area contributed by atoms with Gasteiger partial charge < -0.3 is 49.1 Å². The number of hydrogen-bond donors (Lipinski definition) is 3. The van der Waals surface area contributed by atoms with E-state index >= 15 is 0 Å². The van der Waals surface area contributed by atoms with Gasteiger partial charge in [-0.2, -0.15) is 0 Å². The number of aromatic nitrogens is 9. The van der Waals surface area contributed by atoms with E-state index in [0.717, 1.165) is 163 Å². The van der Waals surface area contributed by atoms with Gasteiger partial charge in [-0.25, -0.2) is 29.9 Å². The number of rotatable bonds is 20. The standard InChI is InChI=1S/C22H28N6O.2C21H25N5O/c1-17-20(21(29-26-17)18-7-4-3-5-8-18)19-9-11-24-22(25-19)23-10-6-12-28-15-13-27(2)14-16-28;1-16-19(20(27-25-16)17-8-4-2-5-9-17)18-10-11-22-21(24-18)23-12-15-26-13-6-3-7-14-26;1-16-19(20(27-25-16)17-8-3-2-4-9-17)18-10-12-23-21(24-18)22-11-7-15-26-13-5-6-14-26/h3-5,7-9,11H,6,10,12-16H2,1-2H3,(H,23,24,25);2,4-5,8-11H,3,6-7,12-15H2,1H3,(H,22,23,24);2-4,8-10,12H,5-7,11,13-15H2,1H3,(H,22,23,24). The van der Waals surface area contributed by atoms with Crippen molar-refractivity contribution in [1.29, 1.82) is 0 Å². The Balaban J connectivity index is 0.000000139. The molecular weight excluding hydrogens is 1040 g/mol. The Kier molecular flexibility index (Phi) is 20.7. The lowest BCUT2D eigenvalue weighted by atomic mass is 10.0. The number of benzene rings is 3. The molecule has 83 heavy (non-hydrogen) atoms. The summed E-state index contributed by atoms with van der Waals surface area (Å²) in [5, 5.41) is 22.6. The van der Waals surface area contributed by atoms with E-state index in [9.17, 15) is 0 Å². The summed E-state index contributed by atoms with van der Waals surface area (Å²) >= 11 is 0. The lowest BCUT2D eigenvalue weighted by Crippen LogP contribution is -2.44. The van der Waals surface area contributed by atoms with E-state index in [0.29, 0.717) is 17.8 Å². The zero-order valence-corrected chi connectivity index (χ0v) is 48.5. The van der Waals surface area contributed by atoms with Gasteiger partial charge in [0, 0.05) is 87.6 Å². The average molecular weight is 1120 g/mol. The Labute approximate surface area is 487 Å². The fourth-order valence-electron chi connectivity index (χ4n) is 10.7. The van der Waals surface area contributed by atoms with E-state index in [1.54, 1.807) is 18.6 Å². The normalized spacial score (nSPS) is 15.0. The summed E-state index contributed by atoms with van der Waals surface area (Å²) in [7, 11) is 2.18. The predicted octanol–water partition coefficient (Wildman–Crippen LogP) is 11.2. The van der Waals surface area contributed by atoms with Crippen LogP contribution in [-0.2, 0) is 0 Å². The summed E-state index contributed by atoms with van der Waals surface area (Å²) in [5.41, 5.74) is 10.7. The van der Waals surface area contributed by atoms with Gasteiger partial charge in [-0.05, 0) is 124 Å². The molecule has 6 aromatic heterocycles. The van der Waals surface area contributed by atoms with Gasteiger partial charge in [0.15, 0.2) is 17.3 Å². The maximum Gasteiger partial charge on any atom is 0.223 e. The molecule has 0 saturated carbocycles. The van der Waals surface area contributed by atoms with Crippen molar-refractivity contribution in [1.82, 2.24) is 65.0 Å². The molecule has 0 unspecified atom stereocenters. The summed E-state index contributed by atoms with van der Waals surface area (Å²) < 4.78 is 16.8. The Morgan fingerprint density at radius 1 is 0.386 bits per heavy atom. The van der Waals surface area contributed by atoms with Crippen LogP contribution in [0.4, 0.5) is 17.8 Å². The molecule has 3 fully saturated rings. The predicted molar refractivity (Wildman–Crippen MR) is 328 cm³/mol. The number of aryl methyl sites for hydroxylation is 3. The fraction of sp³-hybridized carbons (Fsp3) is 0.391. The summed E-state index contributed by atoms with van der Waals surface area (Å²) in [6.07, 6.45) is 14.2. The minimum absolute atomic E-state index is 0.639. The quantitative estimate of drug-likeness (QED) is 0.0607. The molecule has 19 heteroatoms. The molecular formula is C64H78N16O3. The van der Waals surface area contributed by atoms with Crippen molar-refractivity contribution >= 4 is 17.8 Å². The van der Waals surface area contributed by atoms with E-state index in [2.05, 4.69) is 73.0 Å². The number of piperazine rings is 1. The molecule has 432 valence electrons. The molecule has 12 rings (SSSR count). The van der Waals surface area contributed by atoms with Gasteiger partial charge in [-0.1, -0.05) is 113 Å². The molecule has 3 saturated heterocycles. The zero-order chi connectivity index (χ0) is 57.0. The molecule has 9 aromatic rings. The third-order valence-electron chi connectivity index (χ3n) is 15.3. The van der Waals surface area contributed by atoms with Crippen LogP contribution in [0.5, 0.6) is 0 Å². The smallest absolute Gasteiger partial charge is 0.223 e. The number of nitrogens with one attached hydrogen (secondary N) is 3. The average Bonchev–Trinajstić information content (AvgIpc) is 4.57. The van der Waals surface area contributed by atoms with Crippen LogP contribution in [0.3, 0.4) is 0 Å². The summed E-state index contributed by atoms with van der Waals surface area (Å²) in [4.78, 5) is 37.1. The first-order valence-electron chi connectivity index (χ1n) is 29.5. The van der Waals surface area contributed by atoms with Crippen molar-refractivity contribution < 1.29 is 13.6 Å². The van der Waals surface area contributed by atoms with Crippen molar-refractivity contribution in [2.24, 2.45) is 0 Å². The van der Waals surface area contributed by atoms with Gasteiger partial charge in [0.2, 0.25) is 17.8 Å². The van der Waals surface area contributed by atoms with Crippen molar-refractivity contribution in [3.8, 4) is 67.7 Å². The molecule has 3 N–H and O–H groups in total. The number of piperidine rings is 1. The Morgan fingerprint density at radius 2 is 0.723 bits per heavy atom. The van der Waals surface area contributed by atoms with Crippen LogP contribution in [0, 0.1) is 20.8 Å². The van der Waals surface area contributed by atoms with Gasteiger partial charge in [0.1, 0.15) is 0 Å². The fourth-order valence-corrected chi connectivity index (χ4v) is 10.7. The van der Waals surface area contributed by atoms with Crippen molar-refractivity contribution in [3.63, 3.8) is 0 Å². The molecule has 0 amide bonds. The maximum atomic E-state index is 5.61. The van der Waals surface area contributed by atoms with Crippen LogP contribution in [0.25, 0.3) is 67.7 Å². The third kappa shape index (κ3) is 16.1. The molecule has 3 aliphatic rings. The van der Waals surface area contributed by atoms with Crippen molar-refractivity contribution in [3.05, 3.63) is 145 Å². The molecule has 3 aromatic carbocycles. The van der Waals surface area contributed by atoms with E-state index in [1.165, 1.54) is 58.3 Å². The summed E-state index contributed by atoms with van der Waals surface area (Å²) in [5.74, 6) is 4.15. The number of likely N-dealkylation sites (N-methyl/N-ethyl adjacent to an activating group) is 1. The minimum Gasteiger partial charge on any atom is -0.355 e. The van der Waals surface area contributed by atoms with Gasteiger partial charge in [0.05, 0.1) is 50.9 Å². The van der Waals surface area contributed by atoms with E-state index in [4.69, 9.17) is 28.5 Å². The first kappa shape index (κ1) is 58.0. The van der Waals surface area contributed by atoms with Crippen LogP contribution < -0.4 is 16.0 Å². The Hall–Kier alpha value is -8.23. The lowest BCUT2D eigenvalue weighted by Gasteiger charge is -2.32. The highest BCUT2D eigenvalue weighted by atomic mass is 16.5. The second-order valence-electron chi connectivity index (χ2n) is 21.4. The highest BCUT2D eigenvalue weighted by molar-refractivity contribution is 5.81. The summed E-state index contributed by atoms with van der Waals surface area (Å²) in [6, 6.07) is 35.7. The van der Waals surface area contributed by atoms with Gasteiger partial charge in [-0.3, -0.25) is 0 Å². The van der Waals surface area contributed by atoms with Crippen molar-refractivity contribution in [2.45, 2.75) is 65.7 Å². The number of likely N-dealkylation sites (tertiary alicyclic amines) is 2. The molecule has 3 aliphatic heterocycles. The Bertz CT molecular complexity index is 3370. The number of anilines is 3. The van der Waals surface area contributed by atoms with Crippen LogP contribution >= 0.6 is 0 Å². The van der Waals surface area contributed by atoms with Crippen LogP contribution in [0.1, 0.15) is 62.0 Å². The monoisotopic (exact) mass is 1120 g/mol. The van der Waals surface area contributed by atoms with Gasteiger partial charge in [0.25, 0.3) is 0 Å². The topological polar surface area (TPSA) is 204 Å². The minimum atomic E-state index is 0.639. The van der Waals surface area contributed by atoms with Crippen LogP contribution in [0.15, 0.2) is 141 Å². The van der Waals surface area contributed by atoms with Gasteiger partial charge >= 0.3 is 0 Å². The molecule has 0 aliphatic carbocycles. The molecule has 0 radical (unpaired) electrons. The van der Waals surface area contributed by atoms with Crippen LogP contribution in [-0.4, -0.2) is 164 Å². The van der Waals surface area contributed by atoms with E-state index in [-0.39, 0.29) is 0 Å². The zero-order valence-electron chi connectivity index (χ0n) is 48.5. The SMILES string of the molecule is Cc1noc(-c2ccccc2)c1-c1ccnc(NCCCN2CCCC2)n1.Cc1noc(-c2ccccc2)c1-c1ccnc(NCCCN2CCN(C)CC2)n1.Cc1noc(-c2ccccc2)c1-c1ccnc(NCCN2CCCCC2)n1. The molecule has 0 spiro atoms.